The van der Waals surface area contributed by atoms with Crippen molar-refractivity contribution in [3.05, 3.63) is 108 Å². The summed E-state index contributed by atoms with van der Waals surface area (Å²) in [5.74, 6) is -0.265. The largest absolute Gasteiger partial charge is 0.487 e. The molecule has 0 radical (unpaired) electrons. The van der Waals surface area contributed by atoms with Gasteiger partial charge >= 0.3 is 5.97 Å². The van der Waals surface area contributed by atoms with Gasteiger partial charge in [-0.2, -0.15) is 5.26 Å². The van der Waals surface area contributed by atoms with Crippen LogP contribution in [0.1, 0.15) is 21.5 Å². The third-order valence-electron chi connectivity index (χ3n) is 5.51. The van der Waals surface area contributed by atoms with Crippen molar-refractivity contribution in [2.45, 2.75) is 6.61 Å². The number of amides is 1. The summed E-state index contributed by atoms with van der Waals surface area (Å²) in [6.45, 7) is 0.420. The lowest BCUT2D eigenvalue weighted by Crippen LogP contribution is -2.13. The van der Waals surface area contributed by atoms with Crippen LogP contribution < -0.4 is 10.1 Å². The van der Waals surface area contributed by atoms with Gasteiger partial charge in [0.25, 0.3) is 5.91 Å². The summed E-state index contributed by atoms with van der Waals surface area (Å²) in [6, 6.07) is 26.3. The van der Waals surface area contributed by atoms with Gasteiger partial charge in [-0.1, -0.05) is 42.5 Å². The Morgan fingerprint density at radius 1 is 0.973 bits per heavy atom. The predicted molar refractivity (Wildman–Crippen MR) is 160 cm³/mol. The van der Waals surface area contributed by atoms with Crippen molar-refractivity contribution in [3.63, 3.8) is 0 Å². The van der Waals surface area contributed by atoms with Crippen LogP contribution >= 0.6 is 45.2 Å². The summed E-state index contributed by atoms with van der Waals surface area (Å²) in [5.41, 5.74) is 2.58. The number of anilines is 1. The second-order valence-corrected chi connectivity index (χ2v) is 10.3. The van der Waals surface area contributed by atoms with Gasteiger partial charge < -0.3 is 14.8 Å². The van der Waals surface area contributed by atoms with E-state index >= 15 is 0 Å². The van der Waals surface area contributed by atoms with Gasteiger partial charge in [0.15, 0.2) is 0 Å². The van der Waals surface area contributed by atoms with E-state index in [0.29, 0.717) is 23.4 Å². The standard InChI is InChI=1S/C29H20I2N2O4/c1-36-29(35)20-9-11-23(12-10-20)33-28(34)22(16-32)13-18-14-25(30)27(26(31)15-18)37-17-21-7-4-6-19-5-2-3-8-24(19)21/h2-15H,17H2,1H3,(H,33,34)/b22-13+. The van der Waals surface area contributed by atoms with Crippen LogP contribution in [0.2, 0.25) is 0 Å². The number of hydrogen-bond donors (Lipinski definition) is 1. The van der Waals surface area contributed by atoms with Crippen LogP contribution in [0.15, 0.2) is 84.4 Å². The first-order valence-electron chi connectivity index (χ1n) is 11.1. The highest BCUT2D eigenvalue weighted by Crippen LogP contribution is 2.31. The van der Waals surface area contributed by atoms with Gasteiger partial charge in [0.05, 0.1) is 19.8 Å². The first kappa shape index (κ1) is 26.6. The number of fused-ring (bicyclic) bond motifs is 1. The van der Waals surface area contributed by atoms with E-state index < -0.39 is 11.9 Å². The van der Waals surface area contributed by atoms with E-state index in [4.69, 9.17) is 4.74 Å². The van der Waals surface area contributed by atoms with Gasteiger partial charge in [-0.15, -0.1) is 0 Å². The summed E-state index contributed by atoms with van der Waals surface area (Å²) >= 11 is 4.40. The molecule has 0 spiro atoms. The minimum atomic E-state index is -0.547. The normalized spacial score (nSPS) is 11.0. The van der Waals surface area contributed by atoms with E-state index in [2.05, 4.69) is 79.5 Å². The summed E-state index contributed by atoms with van der Waals surface area (Å²) in [6.07, 6.45) is 1.54. The lowest BCUT2D eigenvalue weighted by atomic mass is 10.1. The average Bonchev–Trinajstić information content (AvgIpc) is 2.91. The van der Waals surface area contributed by atoms with E-state index in [0.717, 1.165) is 29.2 Å². The topological polar surface area (TPSA) is 88.4 Å². The Bertz CT molecular complexity index is 1530. The molecule has 37 heavy (non-hydrogen) atoms. The van der Waals surface area contributed by atoms with Crippen LogP contribution in [-0.2, 0) is 16.1 Å². The first-order valence-corrected chi connectivity index (χ1v) is 13.3. The Balaban J connectivity index is 1.49. The van der Waals surface area contributed by atoms with Crippen LogP contribution in [0.5, 0.6) is 5.75 Å². The molecule has 0 aliphatic rings. The molecule has 0 aromatic heterocycles. The van der Waals surface area contributed by atoms with E-state index in [1.807, 2.05) is 36.4 Å². The Hall–Kier alpha value is -3.43. The fourth-order valence-electron chi connectivity index (χ4n) is 3.69. The van der Waals surface area contributed by atoms with Crippen molar-refractivity contribution in [2.24, 2.45) is 0 Å². The fraction of sp³-hybridized carbons (Fsp3) is 0.0690. The Morgan fingerprint density at radius 2 is 1.65 bits per heavy atom. The van der Waals surface area contributed by atoms with Gasteiger partial charge in [-0.05, 0) is 110 Å². The molecule has 184 valence electrons. The molecule has 0 atom stereocenters. The van der Waals surface area contributed by atoms with Gasteiger partial charge in [0, 0.05) is 5.69 Å². The van der Waals surface area contributed by atoms with Gasteiger partial charge in [0.1, 0.15) is 24.0 Å². The van der Waals surface area contributed by atoms with Crippen molar-refractivity contribution in [2.75, 3.05) is 12.4 Å². The highest BCUT2D eigenvalue weighted by molar-refractivity contribution is 14.1. The van der Waals surface area contributed by atoms with Crippen LogP contribution in [-0.4, -0.2) is 19.0 Å². The number of nitriles is 1. The minimum absolute atomic E-state index is 0.0481. The summed E-state index contributed by atoms with van der Waals surface area (Å²) < 4.78 is 12.6. The lowest BCUT2D eigenvalue weighted by Gasteiger charge is -2.13. The quantitative estimate of drug-likeness (QED) is 0.0969. The lowest BCUT2D eigenvalue weighted by molar-refractivity contribution is -0.112. The fourth-order valence-corrected chi connectivity index (χ4v) is 5.82. The number of carbonyl (C=O) groups excluding carboxylic acids is 2. The summed E-state index contributed by atoms with van der Waals surface area (Å²) in [4.78, 5) is 24.3. The highest BCUT2D eigenvalue weighted by Gasteiger charge is 2.14. The molecule has 0 aliphatic carbocycles. The molecule has 4 aromatic carbocycles. The van der Waals surface area contributed by atoms with Crippen molar-refractivity contribution in [1.29, 1.82) is 5.26 Å². The molecule has 4 rings (SSSR count). The molecule has 0 unspecified atom stereocenters. The maximum absolute atomic E-state index is 12.7. The number of esters is 1. The molecule has 4 aromatic rings. The number of carbonyl (C=O) groups is 2. The SMILES string of the molecule is COC(=O)c1ccc(NC(=O)/C(C#N)=C/c2cc(I)c(OCc3cccc4ccccc34)c(I)c2)cc1. The van der Waals surface area contributed by atoms with Crippen LogP contribution in [0.3, 0.4) is 0 Å². The zero-order valence-electron chi connectivity index (χ0n) is 19.6. The number of rotatable bonds is 7. The Labute approximate surface area is 241 Å². The number of ether oxygens (including phenoxy) is 2. The molecule has 0 saturated carbocycles. The van der Waals surface area contributed by atoms with Crippen molar-refractivity contribution in [3.8, 4) is 11.8 Å². The number of nitrogens with one attached hydrogen (secondary N) is 1. The maximum atomic E-state index is 12.7. The van der Waals surface area contributed by atoms with Crippen molar-refractivity contribution in [1.82, 2.24) is 0 Å². The highest BCUT2D eigenvalue weighted by atomic mass is 127. The van der Waals surface area contributed by atoms with Gasteiger partial charge in [-0.25, -0.2) is 4.79 Å². The second kappa shape index (κ2) is 12.2. The van der Waals surface area contributed by atoms with Gasteiger partial charge in [-0.3, -0.25) is 4.79 Å². The average molecular weight is 714 g/mol. The van der Waals surface area contributed by atoms with Gasteiger partial charge in [0.2, 0.25) is 0 Å². The molecule has 8 heteroatoms. The van der Waals surface area contributed by atoms with Crippen molar-refractivity contribution < 1.29 is 19.1 Å². The smallest absolute Gasteiger partial charge is 0.337 e. The molecular weight excluding hydrogens is 694 g/mol. The number of hydrogen-bond acceptors (Lipinski definition) is 5. The number of benzene rings is 4. The number of halogens is 2. The second-order valence-electron chi connectivity index (χ2n) is 7.93. The predicted octanol–water partition coefficient (Wildman–Crippen LogP) is 6.96. The molecule has 0 heterocycles. The molecule has 0 aliphatic heterocycles. The van der Waals surface area contributed by atoms with Crippen LogP contribution in [0.25, 0.3) is 16.8 Å². The first-order chi connectivity index (χ1) is 17.9. The molecule has 0 bridgehead atoms. The number of nitrogens with zero attached hydrogens (tertiary/aromatic N) is 1. The molecule has 0 saturated heterocycles. The Morgan fingerprint density at radius 3 is 2.32 bits per heavy atom. The maximum Gasteiger partial charge on any atom is 0.337 e. The summed E-state index contributed by atoms with van der Waals surface area (Å²) in [7, 11) is 1.30. The molecular formula is C29H20I2N2O4. The van der Waals surface area contributed by atoms with Crippen molar-refractivity contribution >= 4 is 79.6 Å². The third kappa shape index (κ3) is 6.47. The van der Waals surface area contributed by atoms with E-state index in [1.54, 1.807) is 24.3 Å². The molecule has 6 nitrogen and oxygen atoms in total. The van der Waals surface area contributed by atoms with Crippen LogP contribution in [0.4, 0.5) is 5.69 Å². The molecule has 0 fully saturated rings. The minimum Gasteiger partial charge on any atom is -0.487 e. The van der Waals surface area contributed by atoms with E-state index in [-0.39, 0.29) is 5.57 Å². The molecule has 1 N–H and O–H groups in total. The van der Waals surface area contributed by atoms with E-state index in [1.165, 1.54) is 13.2 Å². The van der Waals surface area contributed by atoms with E-state index in [9.17, 15) is 14.9 Å². The molecule has 1 amide bonds. The zero-order chi connectivity index (χ0) is 26.4. The summed E-state index contributed by atoms with van der Waals surface area (Å²) in [5, 5.41) is 14.6. The third-order valence-corrected chi connectivity index (χ3v) is 7.12. The monoisotopic (exact) mass is 714 g/mol. The Kier molecular flexibility index (Phi) is 8.78. The number of methoxy groups -OCH3 is 1. The zero-order valence-corrected chi connectivity index (χ0v) is 23.9. The van der Waals surface area contributed by atoms with Crippen LogP contribution in [0, 0.1) is 18.5 Å².